The molecule has 0 radical (unpaired) electrons. The first-order valence-electron chi connectivity index (χ1n) is 3.50. The van der Waals surface area contributed by atoms with Crippen LogP contribution in [0.2, 0.25) is 0 Å². The summed E-state index contributed by atoms with van der Waals surface area (Å²) in [5, 5.41) is 3.20. The normalized spacial score (nSPS) is 16.8. The van der Waals surface area contributed by atoms with Gasteiger partial charge in [-0.05, 0) is 26.3 Å². The van der Waals surface area contributed by atoms with Gasteiger partial charge in [-0.25, -0.2) is 0 Å². The molecule has 1 unspecified atom stereocenters. The Hall–Kier alpha value is -0.300. The fraction of sp³-hybridized carbons (Fsp3) is 0.750. The van der Waals surface area contributed by atoms with Crippen molar-refractivity contribution in [3.63, 3.8) is 0 Å². The van der Waals surface area contributed by atoms with Gasteiger partial charge in [-0.2, -0.15) is 0 Å². The van der Waals surface area contributed by atoms with Crippen LogP contribution in [0.5, 0.6) is 0 Å². The quantitative estimate of drug-likeness (QED) is 0.568. The smallest absolute Gasteiger partial charge is 0.00643 e. The van der Waals surface area contributed by atoms with Gasteiger partial charge in [-0.15, -0.1) is 6.58 Å². The summed E-state index contributed by atoms with van der Waals surface area (Å²) in [4.78, 5) is 0. The predicted octanol–water partition coefficient (Wildman–Crippen LogP) is 1.81. The van der Waals surface area contributed by atoms with Crippen molar-refractivity contribution in [1.29, 1.82) is 0 Å². The highest BCUT2D eigenvalue weighted by Gasteiger charge is 2.06. The van der Waals surface area contributed by atoms with Gasteiger partial charge in [0.1, 0.15) is 0 Å². The van der Waals surface area contributed by atoms with E-state index < -0.39 is 0 Å². The van der Waals surface area contributed by atoms with Crippen LogP contribution in [0.3, 0.4) is 0 Å². The van der Waals surface area contributed by atoms with Gasteiger partial charge >= 0.3 is 0 Å². The number of hydrogen-bond acceptors (Lipinski definition) is 1. The predicted molar refractivity (Wildman–Crippen MR) is 42.5 cm³/mol. The molecule has 0 amide bonds. The molecular formula is C8H17N. The van der Waals surface area contributed by atoms with E-state index in [-0.39, 0.29) is 0 Å². The summed E-state index contributed by atoms with van der Waals surface area (Å²) in [6.45, 7) is 8.10. The van der Waals surface area contributed by atoms with E-state index in [0.29, 0.717) is 12.0 Å². The van der Waals surface area contributed by atoms with Crippen LogP contribution >= 0.6 is 0 Å². The molecule has 0 heterocycles. The van der Waals surface area contributed by atoms with E-state index in [2.05, 4.69) is 25.7 Å². The summed E-state index contributed by atoms with van der Waals surface area (Å²) < 4.78 is 0. The molecular weight excluding hydrogens is 110 g/mol. The highest BCUT2D eigenvalue weighted by atomic mass is 14.9. The van der Waals surface area contributed by atoms with Crippen molar-refractivity contribution in [2.45, 2.75) is 26.3 Å². The zero-order valence-corrected chi connectivity index (χ0v) is 6.65. The van der Waals surface area contributed by atoms with Crippen molar-refractivity contribution in [3.8, 4) is 0 Å². The molecule has 0 bridgehead atoms. The van der Waals surface area contributed by atoms with E-state index in [1.54, 1.807) is 0 Å². The number of allylic oxidation sites excluding steroid dienone is 1. The molecule has 1 heteroatoms. The Balaban J connectivity index is 3.44. The van der Waals surface area contributed by atoms with Crippen LogP contribution in [0.25, 0.3) is 0 Å². The Morgan fingerprint density at radius 3 is 2.44 bits per heavy atom. The highest BCUT2D eigenvalue weighted by Crippen LogP contribution is 2.06. The molecule has 1 N–H and O–H groups in total. The topological polar surface area (TPSA) is 12.0 Å². The molecule has 0 spiro atoms. The van der Waals surface area contributed by atoms with Crippen LogP contribution in [0.4, 0.5) is 0 Å². The van der Waals surface area contributed by atoms with Gasteiger partial charge in [0.15, 0.2) is 0 Å². The molecule has 9 heavy (non-hydrogen) atoms. The Kier molecular flexibility index (Phi) is 4.41. The second kappa shape index (κ2) is 4.57. The standard InChI is InChI=1S/C8H17N/c1-5-6-7(2)8(3)9-4/h5,7-9H,1,6H2,2-4H3/t7-,8?/m0/s1. The Morgan fingerprint density at radius 1 is 1.56 bits per heavy atom. The lowest BCUT2D eigenvalue weighted by Crippen LogP contribution is -2.28. The van der Waals surface area contributed by atoms with Gasteiger partial charge in [-0.3, -0.25) is 0 Å². The lowest BCUT2D eigenvalue weighted by atomic mass is 10.0. The largest absolute Gasteiger partial charge is 0.317 e. The molecule has 1 nitrogen and oxygen atoms in total. The fourth-order valence-electron chi connectivity index (χ4n) is 0.752. The minimum absolute atomic E-state index is 0.600. The van der Waals surface area contributed by atoms with Crippen molar-refractivity contribution >= 4 is 0 Å². The molecule has 0 aliphatic heterocycles. The summed E-state index contributed by atoms with van der Waals surface area (Å²) in [5.74, 6) is 0.701. The van der Waals surface area contributed by atoms with E-state index in [9.17, 15) is 0 Å². The number of rotatable bonds is 4. The third-order valence-corrected chi connectivity index (χ3v) is 1.85. The SMILES string of the molecule is C=CC[C@H](C)C(C)NC. The van der Waals surface area contributed by atoms with Gasteiger partial charge in [0.05, 0.1) is 0 Å². The minimum Gasteiger partial charge on any atom is -0.317 e. The van der Waals surface area contributed by atoms with Crippen molar-refractivity contribution < 1.29 is 0 Å². The van der Waals surface area contributed by atoms with Gasteiger partial charge in [0.2, 0.25) is 0 Å². The summed E-state index contributed by atoms with van der Waals surface area (Å²) in [6, 6.07) is 0.600. The molecule has 0 rings (SSSR count). The molecule has 0 aromatic heterocycles. The van der Waals surface area contributed by atoms with Crippen LogP contribution in [0.15, 0.2) is 12.7 Å². The number of nitrogens with one attached hydrogen (secondary N) is 1. The van der Waals surface area contributed by atoms with Crippen molar-refractivity contribution in [2.75, 3.05) is 7.05 Å². The van der Waals surface area contributed by atoms with Crippen LogP contribution in [0.1, 0.15) is 20.3 Å². The van der Waals surface area contributed by atoms with Crippen molar-refractivity contribution in [3.05, 3.63) is 12.7 Å². The molecule has 0 aromatic rings. The van der Waals surface area contributed by atoms with Crippen LogP contribution in [-0.2, 0) is 0 Å². The first-order chi connectivity index (χ1) is 4.22. The van der Waals surface area contributed by atoms with Gasteiger partial charge < -0.3 is 5.32 Å². The second-order valence-corrected chi connectivity index (χ2v) is 2.58. The number of hydrogen-bond donors (Lipinski definition) is 1. The van der Waals surface area contributed by atoms with E-state index in [1.165, 1.54) is 0 Å². The van der Waals surface area contributed by atoms with Crippen LogP contribution in [0, 0.1) is 5.92 Å². The minimum atomic E-state index is 0.600. The van der Waals surface area contributed by atoms with Gasteiger partial charge in [-0.1, -0.05) is 13.0 Å². The van der Waals surface area contributed by atoms with Crippen molar-refractivity contribution in [1.82, 2.24) is 5.32 Å². The summed E-state index contributed by atoms with van der Waals surface area (Å²) in [5.41, 5.74) is 0. The summed E-state index contributed by atoms with van der Waals surface area (Å²) in [7, 11) is 1.99. The molecule has 0 fully saturated rings. The fourth-order valence-corrected chi connectivity index (χ4v) is 0.752. The van der Waals surface area contributed by atoms with E-state index in [4.69, 9.17) is 0 Å². The molecule has 0 aliphatic rings. The van der Waals surface area contributed by atoms with E-state index >= 15 is 0 Å². The summed E-state index contributed by atoms with van der Waals surface area (Å²) in [6.07, 6.45) is 3.07. The van der Waals surface area contributed by atoms with E-state index in [1.807, 2.05) is 13.1 Å². The lowest BCUT2D eigenvalue weighted by molar-refractivity contribution is 0.430. The zero-order chi connectivity index (χ0) is 7.28. The first-order valence-corrected chi connectivity index (χ1v) is 3.50. The molecule has 0 aromatic carbocycles. The Bertz CT molecular complexity index is 78.6. The third-order valence-electron chi connectivity index (χ3n) is 1.85. The molecule has 2 atom stereocenters. The zero-order valence-electron chi connectivity index (χ0n) is 6.65. The summed E-state index contributed by atoms with van der Waals surface area (Å²) >= 11 is 0. The highest BCUT2D eigenvalue weighted by molar-refractivity contribution is 4.75. The second-order valence-electron chi connectivity index (χ2n) is 2.58. The maximum atomic E-state index is 3.69. The average molecular weight is 127 g/mol. The molecule has 0 saturated heterocycles. The van der Waals surface area contributed by atoms with Crippen LogP contribution < -0.4 is 5.32 Å². The Morgan fingerprint density at radius 2 is 2.11 bits per heavy atom. The first kappa shape index (κ1) is 8.70. The monoisotopic (exact) mass is 127 g/mol. The van der Waals surface area contributed by atoms with Gasteiger partial charge in [0, 0.05) is 6.04 Å². The molecule has 0 aliphatic carbocycles. The third kappa shape index (κ3) is 3.31. The Labute approximate surface area is 58.2 Å². The van der Waals surface area contributed by atoms with Crippen LogP contribution in [-0.4, -0.2) is 13.1 Å². The molecule has 54 valence electrons. The average Bonchev–Trinajstić information content (AvgIpc) is 1.87. The lowest BCUT2D eigenvalue weighted by Gasteiger charge is -2.16. The molecule has 0 saturated carbocycles. The van der Waals surface area contributed by atoms with Crippen molar-refractivity contribution in [2.24, 2.45) is 5.92 Å². The maximum absolute atomic E-state index is 3.69. The van der Waals surface area contributed by atoms with E-state index in [0.717, 1.165) is 6.42 Å². The van der Waals surface area contributed by atoms with Gasteiger partial charge in [0.25, 0.3) is 0 Å². The maximum Gasteiger partial charge on any atom is 0.00643 e.